The van der Waals surface area contributed by atoms with Gasteiger partial charge in [-0.2, -0.15) is 4.99 Å². The molecule has 1 aromatic rings. The van der Waals surface area contributed by atoms with E-state index in [4.69, 9.17) is 0 Å². The van der Waals surface area contributed by atoms with Crippen LogP contribution >= 0.6 is 0 Å². The maximum atomic E-state index is 13.8. The zero-order valence-corrected chi connectivity index (χ0v) is 9.34. The highest BCUT2D eigenvalue weighted by molar-refractivity contribution is 5.42. The van der Waals surface area contributed by atoms with Gasteiger partial charge in [-0.05, 0) is 12.8 Å². The minimum Gasteiger partial charge on any atom is -0.505 e. The number of aromatic hydroxyl groups is 1. The highest BCUT2D eigenvalue weighted by Crippen LogP contribution is 2.45. The Labute approximate surface area is 101 Å². The van der Waals surface area contributed by atoms with E-state index in [1.807, 2.05) is 0 Å². The van der Waals surface area contributed by atoms with E-state index in [1.54, 1.807) is 0 Å². The van der Waals surface area contributed by atoms with Crippen LogP contribution in [0.15, 0.2) is 11.1 Å². The van der Waals surface area contributed by atoms with Crippen LogP contribution < -0.4 is 0 Å². The van der Waals surface area contributed by atoms with Crippen molar-refractivity contribution < 1.29 is 23.1 Å². The van der Waals surface area contributed by atoms with Crippen LogP contribution in [0.5, 0.6) is 5.75 Å². The summed E-state index contributed by atoms with van der Waals surface area (Å²) in [6, 6.07) is 0.363. The SMILES string of the molecule is O=C=NC1(c2c(F)c(O)cc(F)c2F)CCCC1. The highest BCUT2D eigenvalue weighted by atomic mass is 19.2. The molecule has 2 rings (SSSR count). The molecule has 0 amide bonds. The minimum absolute atomic E-state index is 0.221. The first-order valence-corrected chi connectivity index (χ1v) is 5.48. The number of halogens is 3. The second kappa shape index (κ2) is 4.46. The molecular weight excluding hydrogens is 247 g/mol. The Balaban J connectivity index is 2.72. The predicted molar refractivity (Wildman–Crippen MR) is 56.2 cm³/mol. The number of phenolic OH excluding ortho intramolecular Hbond substituents is 1. The van der Waals surface area contributed by atoms with Gasteiger partial charge in [0.25, 0.3) is 0 Å². The van der Waals surface area contributed by atoms with Gasteiger partial charge in [0.2, 0.25) is 6.08 Å². The number of phenols is 1. The molecule has 3 nitrogen and oxygen atoms in total. The van der Waals surface area contributed by atoms with Crippen molar-refractivity contribution in [3.05, 3.63) is 29.1 Å². The van der Waals surface area contributed by atoms with Gasteiger partial charge in [0, 0.05) is 6.07 Å². The van der Waals surface area contributed by atoms with Crippen molar-refractivity contribution in [3.63, 3.8) is 0 Å². The molecule has 0 aliphatic heterocycles. The molecule has 1 aromatic carbocycles. The van der Waals surface area contributed by atoms with Crippen molar-refractivity contribution in [1.29, 1.82) is 0 Å². The maximum absolute atomic E-state index is 13.8. The van der Waals surface area contributed by atoms with Crippen LogP contribution in [-0.4, -0.2) is 11.2 Å². The molecule has 1 N–H and O–H groups in total. The summed E-state index contributed by atoms with van der Waals surface area (Å²) in [5.41, 5.74) is -2.13. The van der Waals surface area contributed by atoms with Gasteiger partial charge in [-0.3, -0.25) is 0 Å². The quantitative estimate of drug-likeness (QED) is 0.503. The number of carbonyl (C=O) groups excluding carboxylic acids is 1. The number of nitrogens with zero attached hydrogens (tertiary/aromatic N) is 1. The number of aliphatic imine (C=N–C) groups is 1. The van der Waals surface area contributed by atoms with Crippen molar-refractivity contribution in [1.82, 2.24) is 0 Å². The molecule has 0 unspecified atom stereocenters. The van der Waals surface area contributed by atoms with E-state index in [-0.39, 0.29) is 12.8 Å². The van der Waals surface area contributed by atoms with Crippen LogP contribution in [0.1, 0.15) is 31.2 Å². The van der Waals surface area contributed by atoms with Gasteiger partial charge < -0.3 is 5.11 Å². The standard InChI is InChI=1S/C12H10F3NO2/c13-7-5-8(18)11(15)9(10(7)14)12(16-6-17)3-1-2-4-12/h5,18H,1-4H2. The fraction of sp³-hybridized carbons (Fsp3) is 0.417. The summed E-state index contributed by atoms with van der Waals surface area (Å²) in [6.45, 7) is 0. The molecule has 6 heteroatoms. The van der Waals surface area contributed by atoms with E-state index < -0.39 is 34.3 Å². The van der Waals surface area contributed by atoms with Gasteiger partial charge in [-0.15, -0.1) is 0 Å². The summed E-state index contributed by atoms with van der Waals surface area (Å²) in [6.07, 6.45) is 2.95. The summed E-state index contributed by atoms with van der Waals surface area (Å²) < 4.78 is 40.8. The molecule has 0 aromatic heterocycles. The molecule has 0 heterocycles. The Morgan fingerprint density at radius 3 is 2.39 bits per heavy atom. The normalized spacial score (nSPS) is 17.5. The van der Waals surface area contributed by atoms with E-state index in [1.165, 1.54) is 6.08 Å². The van der Waals surface area contributed by atoms with E-state index in [0.717, 1.165) is 0 Å². The molecule has 0 radical (unpaired) electrons. The largest absolute Gasteiger partial charge is 0.505 e. The average molecular weight is 257 g/mol. The fourth-order valence-corrected chi connectivity index (χ4v) is 2.46. The topological polar surface area (TPSA) is 49.7 Å². The molecule has 1 saturated carbocycles. The van der Waals surface area contributed by atoms with E-state index in [0.29, 0.717) is 18.9 Å². The minimum atomic E-state index is -1.45. The Morgan fingerprint density at radius 1 is 1.22 bits per heavy atom. The zero-order chi connectivity index (χ0) is 13.3. The lowest BCUT2D eigenvalue weighted by molar-refractivity contribution is 0.359. The van der Waals surface area contributed by atoms with Gasteiger partial charge in [0.15, 0.2) is 23.2 Å². The van der Waals surface area contributed by atoms with Crippen LogP contribution in [0.3, 0.4) is 0 Å². The van der Waals surface area contributed by atoms with Gasteiger partial charge >= 0.3 is 0 Å². The van der Waals surface area contributed by atoms with E-state index >= 15 is 0 Å². The number of hydrogen-bond donors (Lipinski definition) is 1. The molecule has 1 aliphatic rings. The highest BCUT2D eigenvalue weighted by Gasteiger charge is 2.42. The molecule has 1 fully saturated rings. The number of rotatable bonds is 2. The Bertz CT molecular complexity index is 506. The summed E-state index contributed by atoms with van der Waals surface area (Å²) in [7, 11) is 0. The third-order valence-corrected chi connectivity index (χ3v) is 3.29. The number of benzene rings is 1. The fourth-order valence-electron chi connectivity index (χ4n) is 2.46. The summed E-state index contributed by atoms with van der Waals surface area (Å²) in [4.78, 5) is 13.9. The summed E-state index contributed by atoms with van der Waals surface area (Å²) >= 11 is 0. The van der Waals surface area contributed by atoms with Crippen LogP contribution in [0, 0.1) is 17.5 Å². The van der Waals surface area contributed by atoms with Crippen molar-refractivity contribution in [3.8, 4) is 5.75 Å². The summed E-state index contributed by atoms with van der Waals surface area (Å²) in [5, 5.41) is 9.23. The van der Waals surface area contributed by atoms with Gasteiger partial charge in [0.1, 0.15) is 5.54 Å². The van der Waals surface area contributed by atoms with Crippen molar-refractivity contribution in [2.24, 2.45) is 4.99 Å². The first-order chi connectivity index (χ1) is 8.52. The third kappa shape index (κ3) is 1.78. The van der Waals surface area contributed by atoms with Crippen LogP contribution in [0.4, 0.5) is 13.2 Å². The van der Waals surface area contributed by atoms with E-state index in [9.17, 15) is 23.1 Å². The van der Waals surface area contributed by atoms with Gasteiger partial charge in [0.05, 0.1) is 5.56 Å². The van der Waals surface area contributed by atoms with Crippen LogP contribution in [0.25, 0.3) is 0 Å². The van der Waals surface area contributed by atoms with Crippen LogP contribution in [0.2, 0.25) is 0 Å². The molecule has 18 heavy (non-hydrogen) atoms. The number of isocyanates is 1. The molecule has 0 atom stereocenters. The average Bonchev–Trinajstić information content (AvgIpc) is 2.77. The smallest absolute Gasteiger partial charge is 0.235 e. The zero-order valence-electron chi connectivity index (χ0n) is 9.34. The summed E-state index contributed by atoms with van der Waals surface area (Å²) in [5.74, 6) is -5.03. The first-order valence-electron chi connectivity index (χ1n) is 5.48. The van der Waals surface area contributed by atoms with Crippen LogP contribution in [-0.2, 0) is 10.3 Å². The number of hydrogen-bond acceptors (Lipinski definition) is 3. The van der Waals surface area contributed by atoms with Crippen molar-refractivity contribution >= 4 is 6.08 Å². The maximum Gasteiger partial charge on any atom is 0.235 e. The monoisotopic (exact) mass is 257 g/mol. The molecular formula is C12H10F3NO2. The molecule has 1 aliphatic carbocycles. The molecule has 96 valence electrons. The molecule has 0 spiro atoms. The Hall–Kier alpha value is -1.81. The molecule has 0 saturated heterocycles. The van der Waals surface area contributed by atoms with Crippen molar-refractivity contribution in [2.45, 2.75) is 31.2 Å². The predicted octanol–water partition coefficient (Wildman–Crippen LogP) is 2.91. The van der Waals surface area contributed by atoms with E-state index in [2.05, 4.69) is 4.99 Å². The molecule has 0 bridgehead atoms. The lowest BCUT2D eigenvalue weighted by atomic mass is 9.87. The Morgan fingerprint density at radius 2 is 1.83 bits per heavy atom. The Kier molecular flexibility index (Phi) is 3.13. The second-order valence-corrected chi connectivity index (χ2v) is 4.32. The second-order valence-electron chi connectivity index (χ2n) is 4.32. The van der Waals surface area contributed by atoms with Gasteiger partial charge in [-0.25, -0.2) is 18.0 Å². The van der Waals surface area contributed by atoms with Crippen molar-refractivity contribution in [2.75, 3.05) is 0 Å². The lowest BCUT2D eigenvalue weighted by Gasteiger charge is -2.24. The lowest BCUT2D eigenvalue weighted by Crippen LogP contribution is -2.23. The van der Waals surface area contributed by atoms with Gasteiger partial charge in [-0.1, -0.05) is 12.8 Å². The third-order valence-electron chi connectivity index (χ3n) is 3.29. The first kappa shape index (κ1) is 12.6.